The fourth-order valence-corrected chi connectivity index (χ4v) is 16.3. The number of carbonyl (C=O) groups is 4. The van der Waals surface area contributed by atoms with Crippen LogP contribution in [0.3, 0.4) is 0 Å². The van der Waals surface area contributed by atoms with Crippen LogP contribution < -0.4 is 20.3 Å². The van der Waals surface area contributed by atoms with Crippen LogP contribution in [0.25, 0.3) is 0 Å². The first-order chi connectivity index (χ1) is 19.1. The van der Waals surface area contributed by atoms with E-state index in [0.717, 1.165) is 26.2 Å². The van der Waals surface area contributed by atoms with Gasteiger partial charge in [-0.1, -0.05) is 0 Å². The molecule has 20 heteroatoms. The zero-order valence-corrected chi connectivity index (χ0v) is 26.0. The van der Waals surface area contributed by atoms with Crippen LogP contribution in [0.2, 0.25) is 0 Å². The topological polar surface area (TPSA) is 196 Å². The molecule has 2 fully saturated rings. The van der Waals surface area contributed by atoms with E-state index >= 15 is 0 Å². The van der Waals surface area contributed by atoms with Crippen molar-refractivity contribution in [3.63, 3.8) is 0 Å². The molecule has 3 aliphatic rings. The number of hydrogen-bond acceptors (Lipinski definition) is 17. The molecule has 4 N–H and O–H groups in total. The number of esters is 4. The second-order valence-electron chi connectivity index (χ2n) is 8.47. The molecule has 0 bridgehead atoms. The quantitative estimate of drug-likeness (QED) is 0.0729. The molecule has 0 amide bonds. The lowest BCUT2D eigenvalue weighted by molar-refractivity contribution is -0.142. The van der Waals surface area contributed by atoms with Crippen LogP contribution in [0.4, 0.5) is 0 Å². The lowest BCUT2D eigenvalue weighted by Gasteiger charge is -2.37. The fraction of sp³-hybridized carbons (Fsp3) is 0.800. The maximum absolute atomic E-state index is 12.4. The van der Waals surface area contributed by atoms with Gasteiger partial charge in [0.2, 0.25) is 22.5 Å². The Balaban J connectivity index is 2.16. The number of carbonyl (C=O) groups excluding carboxylic acids is 4. The SMILES string of the molecule is CCOC(=O)CNP1(NCC(=O)OCC)=NP(NCC(=O)OCC)(NCC(=O)OCC)=NP(N2CC2)(N2CC2)=N1. The molecule has 0 saturated carbocycles. The van der Waals surface area contributed by atoms with E-state index < -0.39 is 46.4 Å². The normalized spacial score (nSPS) is 20.2. The largest absolute Gasteiger partial charge is 0.465 e. The van der Waals surface area contributed by atoms with Crippen molar-refractivity contribution in [1.29, 1.82) is 0 Å². The van der Waals surface area contributed by atoms with Gasteiger partial charge in [0, 0.05) is 26.2 Å². The van der Waals surface area contributed by atoms with E-state index in [9.17, 15) is 19.2 Å². The Morgan fingerprint density at radius 1 is 0.550 bits per heavy atom. The molecule has 0 aliphatic carbocycles. The van der Waals surface area contributed by atoms with Gasteiger partial charge in [0.15, 0.2) is 0 Å². The van der Waals surface area contributed by atoms with Crippen LogP contribution >= 0.6 is 22.5 Å². The molecule has 3 aliphatic heterocycles. The number of rotatable bonds is 18. The highest BCUT2D eigenvalue weighted by Gasteiger charge is 2.51. The molecule has 0 atom stereocenters. The van der Waals surface area contributed by atoms with E-state index in [-0.39, 0.29) is 52.6 Å². The summed E-state index contributed by atoms with van der Waals surface area (Å²) in [6.45, 7) is 9.48. The summed E-state index contributed by atoms with van der Waals surface area (Å²) >= 11 is 0. The minimum absolute atomic E-state index is 0.184. The molecule has 0 aromatic rings. The van der Waals surface area contributed by atoms with E-state index in [4.69, 9.17) is 32.5 Å². The molecule has 0 aromatic carbocycles. The van der Waals surface area contributed by atoms with Crippen molar-refractivity contribution in [3.05, 3.63) is 0 Å². The molecule has 2 saturated heterocycles. The molecule has 0 spiro atoms. The third-order valence-corrected chi connectivity index (χ3v) is 16.1. The van der Waals surface area contributed by atoms with Crippen molar-refractivity contribution in [2.75, 3.05) is 78.8 Å². The second-order valence-corrected chi connectivity index (χ2v) is 16.5. The first kappa shape index (κ1) is 32.8. The highest BCUT2D eigenvalue weighted by atomic mass is 31.3. The summed E-state index contributed by atoms with van der Waals surface area (Å²) in [7, 11) is -9.45. The molecular weight excluding hydrogens is 587 g/mol. The monoisotopic (exact) mass is 627 g/mol. The van der Waals surface area contributed by atoms with Crippen molar-refractivity contribution in [3.8, 4) is 0 Å². The zero-order chi connectivity index (χ0) is 29.2. The van der Waals surface area contributed by atoms with E-state index in [2.05, 4.69) is 29.7 Å². The van der Waals surface area contributed by atoms with Crippen molar-refractivity contribution >= 4 is 46.4 Å². The molecule has 0 unspecified atom stereocenters. The Morgan fingerprint density at radius 3 is 1.12 bits per heavy atom. The summed E-state index contributed by atoms with van der Waals surface area (Å²) in [6.07, 6.45) is 0. The minimum atomic E-state index is -3.33. The van der Waals surface area contributed by atoms with Gasteiger partial charge in [0.1, 0.15) is 26.2 Å². The smallest absolute Gasteiger partial charge is 0.320 e. The average Bonchev–Trinajstić information content (AvgIpc) is 3.82. The predicted molar refractivity (Wildman–Crippen MR) is 150 cm³/mol. The number of nitrogens with zero attached hydrogens (tertiary/aromatic N) is 5. The molecule has 0 aromatic heterocycles. The van der Waals surface area contributed by atoms with Crippen LogP contribution in [-0.2, 0) is 38.1 Å². The Kier molecular flexibility index (Phi) is 12.3. The first-order valence-electron chi connectivity index (χ1n) is 13.2. The van der Waals surface area contributed by atoms with Crippen molar-refractivity contribution in [2.45, 2.75) is 27.7 Å². The minimum Gasteiger partial charge on any atom is -0.465 e. The van der Waals surface area contributed by atoms with Crippen LogP contribution in [0.5, 0.6) is 0 Å². The summed E-state index contributed by atoms with van der Waals surface area (Å²) in [5.74, 6) is -2.12. The first-order valence-corrected chi connectivity index (χ1v) is 18.2. The standard InChI is InChI=1S/C20H40N9O8P3/c1-5-34-17(30)13-21-38(22-14-18(31)35-6-2)25-39(23-15-19(32)36-7-3,24-16-20(33)37-8-4)27-40(26-38,28-9-10-28)29-11-12-29/h21-24H,5-16H2,1-4H3. The maximum atomic E-state index is 12.4. The van der Waals surface area contributed by atoms with Gasteiger partial charge in [-0.15, -0.1) is 0 Å². The van der Waals surface area contributed by atoms with Crippen molar-refractivity contribution < 1.29 is 38.1 Å². The second kappa shape index (κ2) is 15.0. The Hall–Kier alpha value is -1.67. The summed E-state index contributed by atoms with van der Waals surface area (Å²) < 4.78 is 40.0. The Bertz CT molecular complexity index is 1010. The molecule has 3 rings (SSSR count). The van der Waals surface area contributed by atoms with E-state index in [0.29, 0.717) is 0 Å². The number of nitrogens with one attached hydrogen (secondary N) is 4. The lowest BCUT2D eigenvalue weighted by Crippen LogP contribution is -2.35. The number of ether oxygens (including phenoxy) is 4. The van der Waals surface area contributed by atoms with Gasteiger partial charge < -0.3 is 18.9 Å². The van der Waals surface area contributed by atoms with Crippen LogP contribution in [-0.4, -0.2) is 112 Å². The summed E-state index contributed by atoms with van der Waals surface area (Å²) in [4.78, 5) is 49.6. The molecular formula is C20H40N9O8P3. The third-order valence-electron chi connectivity index (χ3n) is 5.36. The molecule has 3 heterocycles. The average molecular weight is 628 g/mol. The maximum Gasteiger partial charge on any atom is 0.320 e. The van der Waals surface area contributed by atoms with Gasteiger partial charge in [0.25, 0.3) is 0 Å². The van der Waals surface area contributed by atoms with Gasteiger partial charge >= 0.3 is 23.9 Å². The highest BCUT2D eigenvalue weighted by molar-refractivity contribution is 7.83. The molecule has 0 radical (unpaired) electrons. The summed E-state index contributed by atoms with van der Waals surface area (Å²) in [6, 6.07) is 0. The van der Waals surface area contributed by atoms with Gasteiger partial charge in [0.05, 0.1) is 26.4 Å². The number of hydrogen-bond donors (Lipinski definition) is 4. The Morgan fingerprint density at radius 2 is 0.850 bits per heavy atom. The Labute approximate surface area is 234 Å². The van der Waals surface area contributed by atoms with Gasteiger partial charge in [-0.3, -0.25) is 19.2 Å². The van der Waals surface area contributed by atoms with E-state index in [1.807, 2.05) is 0 Å². The lowest BCUT2D eigenvalue weighted by atomic mass is 10.7. The predicted octanol–water partition coefficient (Wildman–Crippen LogP) is 1.08. The van der Waals surface area contributed by atoms with Crippen LogP contribution in [0.1, 0.15) is 27.7 Å². The van der Waals surface area contributed by atoms with Crippen LogP contribution in [0, 0.1) is 0 Å². The summed E-state index contributed by atoms with van der Waals surface area (Å²) in [5.41, 5.74) is 0. The van der Waals surface area contributed by atoms with Crippen molar-refractivity contribution in [1.82, 2.24) is 29.7 Å². The van der Waals surface area contributed by atoms with E-state index in [1.165, 1.54) is 0 Å². The molecule has 40 heavy (non-hydrogen) atoms. The highest BCUT2D eigenvalue weighted by Crippen LogP contribution is 2.78. The molecule has 228 valence electrons. The third kappa shape index (κ3) is 9.17. The van der Waals surface area contributed by atoms with Crippen LogP contribution in [0.15, 0.2) is 13.5 Å². The summed E-state index contributed by atoms with van der Waals surface area (Å²) in [5, 5.41) is 12.5. The molecule has 17 nitrogen and oxygen atoms in total. The van der Waals surface area contributed by atoms with Gasteiger partial charge in [-0.2, -0.15) is 13.5 Å². The van der Waals surface area contributed by atoms with Gasteiger partial charge in [-0.25, -0.2) is 29.7 Å². The zero-order valence-electron chi connectivity index (χ0n) is 23.3. The van der Waals surface area contributed by atoms with Crippen molar-refractivity contribution in [2.24, 2.45) is 13.5 Å². The fourth-order valence-electron chi connectivity index (χ4n) is 3.53. The van der Waals surface area contributed by atoms with Gasteiger partial charge in [-0.05, 0) is 27.7 Å². The van der Waals surface area contributed by atoms with E-state index in [1.54, 1.807) is 27.7 Å².